The van der Waals surface area contributed by atoms with Crippen LogP contribution in [0.1, 0.15) is 19.2 Å². The average molecular weight is 263 g/mol. The van der Waals surface area contributed by atoms with Crippen LogP contribution < -0.4 is 5.32 Å². The summed E-state index contributed by atoms with van der Waals surface area (Å²) >= 11 is 0. The summed E-state index contributed by atoms with van der Waals surface area (Å²) in [7, 11) is 0. The molecule has 0 spiro atoms. The van der Waals surface area contributed by atoms with Gasteiger partial charge in [-0.15, -0.1) is 5.10 Å². The van der Waals surface area contributed by atoms with Gasteiger partial charge in [-0.3, -0.25) is 9.48 Å². The van der Waals surface area contributed by atoms with Crippen molar-refractivity contribution in [3.05, 3.63) is 24.3 Å². The van der Waals surface area contributed by atoms with E-state index in [1.165, 1.54) is 0 Å². The van der Waals surface area contributed by atoms with Gasteiger partial charge in [0.1, 0.15) is 5.82 Å². The van der Waals surface area contributed by atoms with E-state index in [-0.39, 0.29) is 11.9 Å². The fourth-order valence-electron chi connectivity index (χ4n) is 1.74. The summed E-state index contributed by atoms with van der Waals surface area (Å²) in [5, 5.41) is 18.1. The summed E-state index contributed by atoms with van der Waals surface area (Å²) in [5.74, 6) is 0.687. The second-order valence-electron chi connectivity index (χ2n) is 4.40. The van der Waals surface area contributed by atoms with E-state index in [1.807, 2.05) is 19.2 Å². The molecule has 2 aromatic rings. The molecule has 0 aliphatic heterocycles. The first kappa shape index (κ1) is 13.2. The molecular weight excluding hydrogens is 246 g/mol. The van der Waals surface area contributed by atoms with Crippen molar-refractivity contribution < 1.29 is 4.79 Å². The van der Waals surface area contributed by atoms with Gasteiger partial charge in [0.05, 0.1) is 13.1 Å². The summed E-state index contributed by atoms with van der Waals surface area (Å²) in [6.45, 7) is 4.89. The topological polar surface area (TPSA) is 90.5 Å². The molecule has 1 unspecified atom stereocenters. The summed E-state index contributed by atoms with van der Waals surface area (Å²) < 4.78 is 3.40. The minimum Gasteiger partial charge on any atom is -0.352 e. The Labute approximate surface area is 110 Å². The maximum atomic E-state index is 11.8. The lowest BCUT2D eigenvalue weighted by Gasteiger charge is -2.13. The minimum atomic E-state index is -0.0189. The number of hydrogen-bond acceptors (Lipinski definition) is 5. The maximum Gasteiger partial charge on any atom is 0.222 e. The van der Waals surface area contributed by atoms with Gasteiger partial charge in [0.15, 0.2) is 0 Å². The van der Waals surface area contributed by atoms with Crippen molar-refractivity contribution in [3.63, 3.8) is 0 Å². The van der Waals surface area contributed by atoms with E-state index in [0.717, 1.165) is 0 Å². The smallest absolute Gasteiger partial charge is 0.222 e. The summed E-state index contributed by atoms with van der Waals surface area (Å²) in [6.07, 6.45) is 3.94. The Bertz CT molecular complexity index is 519. The van der Waals surface area contributed by atoms with Crippen LogP contribution in [0.5, 0.6) is 0 Å². The summed E-state index contributed by atoms with van der Waals surface area (Å²) in [6, 6.07) is 1.89. The largest absolute Gasteiger partial charge is 0.352 e. The number of tetrazole rings is 1. The fraction of sp³-hybridized carbons (Fsp3) is 0.545. The molecule has 1 amide bonds. The monoisotopic (exact) mass is 263 g/mol. The molecule has 102 valence electrons. The van der Waals surface area contributed by atoms with Crippen molar-refractivity contribution in [1.29, 1.82) is 0 Å². The molecule has 0 aromatic carbocycles. The van der Waals surface area contributed by atoms with Gasteiger partial charge in [0.25, 0.3) is 0 Å². The first-order chi connectivity index (χ1) is 9.15. The standard InChI is InChI=1S/C11H17N7O/c1-9(8-17-6-3-5-12-17)13-11(19)4-7-18-10(2)14-15-16-18/h3,5-6,9H,4,7-8H2,1-2H3,(H,13,19). The fourth-order valence-corrected chi connectivity index (χ4v) is 1.74. The van der Waals surface area contributed by atoms with Gasteiger partial charge in [-0.05, 0) is 30.3 Å². The molecule has 8 heteroatoms. The zero-order valence-corrected chi connectivity index (χ0v) is 11.0. The molecule has 2 aromatic heterocycles. The van der Waals surface area contributed by atoms with Crippen LogP contribution in [0.2, 0.25) is 0 Å². The van der Waals surface area contributed by atoms with Crippen molar-refractivity contribution in [3.8, 4) is 0 Å². The van der Waals surface area contributed by atoms with Crippen molar-refractivity contribution in [2.45, 2.75) is 39.4 Å². The molecule has 0 saturated heterocycles. The molecule has 0 aliphatic carbocycles. The van der Waals surface area contributed by atoms with Gasteiger partial charge < -0.3 is 5.32 Å². The first-order valence-corrected chi connectivity index (χ1v) is 6.14. The summed E-state index contributed by atoms with van der Waals surface area (Å²) in [4.78, 5) is 11.8. The highest BCUT2D eigenvalue weighted by atomic mass is 16.1. The Morgan fingerprint density at radius 3 is 3.00 bits per heavy atom. The second-order valence-corrected chi connectivity index (χ2v) is 4.40. The van der Waals surface area contributed by atoms with Gasteiger partial charge in [0, 0.05) is 24.9 Å². The van der Waals surface area contributed by atoms with Crippen LogP contribution in [0.15, 0.2) is 18.5 Å². The van der Waals surface area contributed by atoms with E-state index in [0.29, 0.717) is 25.3 Å². The molecule has 0 saturated carbocycles. The van der Waals surface area contributed by atoms with E-state index in [4.69, 9.17) is 0 Å². The van der Waals surface area contributed by atoms with Crippen LogP contribution in [0.3, 0.4) is 0 Å². The molecule has 0 aliphatic rings. The highest BCUT2D eigenvalue weighted by Crippen LogP contribution is 1.95. The SMILES string of the molecule is Cc1nnnn1CCC(=O)NC(C)Cn1cccn1. The first-order valence-electron chi connectivity index (χ1n) is 6.14. The number of rotatable bonds is 6. The highest BCUT2D eigenvalue weighted by molar-refractivity contribution is 5.76. The third kappa shape index (κ3) is 3.87. The van der Waals surface area contributed by atoms with Crippen LogP contribution in [0.25, 0.3) is 0 Å². The van der Waals surface area contributed by atoms with Gasteiger partial charge in [-0.2, -0.15) is 5.10 Å². The number of aryl methyl sites for hydroxylation is 2. The van der Waals surface area contributed by atoms with Gasteiger partial charge in [-0.25, -0.2) is 4.68 Å². The predicted molar refractivity (Wildman–Crippen MR) is 67.0 cm³/mol. The zero-order valence-electron chi connectivity index (χ0n) is 11.0. The number of carbonyl (C=O) groups excluding carboxylic acids is 1. The number of carbonyl (C=O) groups is 1. The zero-order chi connectivity index (χ0) is 13.7. The average Bonchev–Trinajstić information content (AvgIpc) is 2.98. The highest BCUT2D eigenvalue weighted by Gasteiger charge is 2.09. The maximum absolute atomic E-state index is 11.8. The molecule has 0 radical (unpaired) electrons. The number of aromatic nitrogens is 6. The van der Waals surface area contributed by atoms with E-state index in [1.54, 1.807) is 22.5 Å². The van der Waals surface area contributed by atoms with Crippen molar-refractivity contribution in [2.24, 2.45) is 0 Å². The third-order valence-electron chi connectivity index (χ3n) is 2.69. The molecule has 19 heavy (non-hydrogen) atoms. The lowest BCUT2D eigenvalue weighted by molar-refractivity contribution is -0.122. The number of hydrogen-bond donors (Lipinski definition) is 1. The lowest BCUT2D eigenvalue weighted by Crippen LogP contribution is -2.36. The summed E-state index contributed by atoms with van der Waals surface area (Å²) in [5.41, 5.74) is 0. The Morgan fingerprint density at radius 2 is 2.37 bits per heavy atom. The van der Waals surface area contributed by atoms with E-state index >= 15 is 0 Å². The lowest BCUT2D eigenvalue weighted by atomic mass is 10.3. The van der Waals surface area contributed by atoms with Crippen molar-refractivity contribution >= 4 is 5.91 Å². The molecular formula is C11H17N7O. The molecule has 2 rings (SSSR count). The second kappa shape index (κ2) is 6.07. The van der Waals surface area contributed by atoms with Gasteiger partial charge in [-0.1, -0.05) is 0 Å². The molecule has 0 bridgehead atoms. The molecule has 2 heterocycles. The van der Waals surface area contributed by atoms with Crippen molar-refractivity contribution in [2.75, 3.05) is 0 Å². The van der Waals surface area contributed by atoms with Crippen LogP contribution >= 0.6 is 0 Å². The number of nitrogens with one attached hydrogen (secondary N) is 1. The predicted octanol–water partition coefficient (Wildman–Crippen LogP) is -0.227. The van der Waals surface area contributed by atoms with E-state index < -0.39 is 0 Å². The van der Waals surface area contributed by atoms with E-state index in [9.17, 15) is 4.79 Å². The van der Waals surface area contributed by atoms with Gasteiger partial charge >= 0.3 is 0 Å². The Morgan fingerprint density at radius 1 is 1.53 bits per heavy atom. The Balaban J connectivity index is 1.73. The molecule has 0 fully saturated rings. The number of amides is 1. The number of nitrogens with zero attached hydrogens (tertiary/aromatic N) is 6. The molecule has 8 nitrogen and oxygen atoms in total. The quantitative estimate of drug-likeness (QED) is 0.777. The van der Waals surface area contributed by atoms with Crippen LogP contribution in [0.4, 0.5) is 0 Å². The van der Waals surface area contributed by atoms with Crippen molar-refractivity contribution in [1.82, 2.24) is 35.3 Å². The van der Waals surface area contributed by atoms with Crippen LogP contribution in [-0.4, -0.2) is 41.9 Å². The van der Waals surface area contributed by atoms with E-state index in [2.05, 4.69) is 25.9 Å². The molecule has 1 N–H and O–H groups in total. The Hall–Kier alpha value is -2.25. The van der Waals surface area contributed by atoms with Crippen LogP contribution in [0, 0.1) is 6.92 Å². The molecule has 1 atom stereocenters. The van der Waals surface area contributed by atoms with Gasteiger partial charge in [0.2, 0.25) is 5.91 Å². The van der Waals surface area contributed by atoms with Crippen LogP contribution in [-0.2, 0) is 17.9 Å². The normalized spacial score (nSPS) is 12.3. The third-order valence-corrected chi connectivity index (χ3v) is 2.69. The minimum absolute atomic E-state index is 0.0189. The Kier molecular flexibility index (Phi) is 4.22.